The van der Waals surface area contributed by atoms with Crippen LogP contribution >= 0.6 is 0 Å². The van der Waals surface area contributed by atoms with E-state index in [-0.39, 0.29) is 11.8 Å². The van der Waals surface area contributed by atoms with Gasteiger partial charge in [0.1, 0.15) is 17.2 Å². The zero-order valence-corrected chi connectivity index (χ0v) is 18.6. The Kier molecular flexibility index (Phi) is 6.86. The Hall–Kier alpha value is -3.90. The zero-order chi connectivity index (χ0) is 23.2. The van der Waals surface area contributed by atoms with Crippen LogP contribution in [0.5, 0.6) is 0 Å². The Bertz CT molecular complexity index is 1170. The van der Waals surface area contributed by atoms with Crippen LogP contribution in [0.4, 0.5) is 5.82 Å². The minimum absolute atomic E-state index is 0.0705. The highest BCUT2D eigenvalue weighted by molar-refractivity contribution is 6.00. The van der Waals surface area contributed by atoms with Gasteiger partial charge < -0.3 is 20.5 Å². The fourth-order valence-electron chi connectivity index (χ4n) is 3.80. The van der Waals surface area contributed by atoms with Crippen LogP contribution in [0, 0.1) is 12.3 Å². The number of hydrogen-bond donors (Lipinski definition) is 3. The first-order valence-corrected chi connectivity index (χ1v) is 10.9. The summed E-state index contributed by atoms with van der Waals surface area (Å²) in [5.74, 6) is 3.65. The predicted octanol–water partition coefficient (Wildman–Crippen LogP) is 1.56. The van der Waals surface area contributed by atoms with Gasteiger partial charge in [-0.25, -0.2) is 9.97 Å². The maximum atomic E-state index is 13.2. The molecule has 0 spiro atoms. The number of carbonyl (C=O) groups is 2. The summed E-state index contributed by atoms with van der Waals surface area (Å²) in [4.78, 5) is 40.9. The molecular weight excluding hydrogens is 418 g/mol. The highest BCUT2D eigenvalue weighted by atomic mass is 16.2. The molecule has 1 fully saturated rings. The number of amides is 2. The summed E-state index contributed by atoms with van der Waals surface area (Å²) in [5.41, 5.74) is 1.93. The Morgan fingerprint density at radius 3 is 2.58 bits per heavy atom. The SMILES string of the molecule is C#CCN1CCN(C(=O)c2cc3c(NCCNC(C)=O)nc(-c4ccccc4)nc3[nH]2)CC1. The molecule has 3 aromatic rings. The molecule has 9 nitrogen and oxygen atoms in total. The summed E-state index contributed by atoms with van der Waals surface area (Å²) in [6.45, 7) is 5.78. The second-order valence-corrected chi connectivity index (χ2v) is 7.89. The van der Waals surface area contributed by atoms with Crippen molar-refractivity contribution in [1.29, 1.82) is 0 Å². The van der Waals surface area contributed by atoms with E-state index in [1.807, 2.05) is 35.2 Å². The number of H-pyrrole nitrogens is 1. The van der Waals surface area contributed by atoms with Crippen LogP contribution in [0.25, 0.3) is 22.4 Å². The fourth-order valence-corrected chi connectivity index (χ4v) is 3.80. The minimum atomic E-state index is -0.0912. The van der Waals surface area contributed by atoms with Gasteiger partial charge in [0.15, 0.2) is 5.82 Å². The van der Waals surface area contributed by atoms with Crippen molar-refractivity contribution in [3.05, 3.63) is 42.1 Å². The number of aromatic amines is 1. The van der Waals surface area contributed by atoms with E-state index in [2.05, 4.69) is 31.4 Å². The predicted molar refractivity (Wildman–Crippen MR) is 128 cm³/mol. The second kappa shape index (κ2) is 10.1. The molecule has 0 bridgehead atoms. The maximum absolute atomic E-state index is 13.2. The molecule has 170 valence electrons. The van der Waals surface area contributed by atoms with Crippen LogP contribution in [0.3, 0.4) is 0 Å². The lowest BCUT2D eigenvalue weighted by Gasteiger charge is -2.33. The van der Waals surface area contributed by atoms with Crippen molar-refractivity contribution < 1.29 is 9.59 Å². The van der Waals surface area contributed by atoms with Gasteiger partial charge in [0.2, 0.25) is 5.91 Å². The van der Waals surface area contributed by atoms with Crippen LogP contribution in [0.1, 0.15) is 17.4 Å². The second-order valence-electron chi connectivity index (χ2n) is 7.89. The van der Waals surface area contributed by atoms with Crippen molar-refractivity contribution in [3.63, 3.8) is 0 Å². The van der Waals surface area contributed by atoms with Gasteiger partial charge in [0.25, 0.3) is 5.91 Å². The zero-order valence-electron chi connectivity index (χ0n) is 18.6. The molecule has 1 aromatic carbocycles. The number of nitrogens with zero attached hydrogens (tertiary/aromatic N) is 4. The van der Waals surface area contributed by atoms with Gasteiger partial charge in [-0.2, -0.15) is 0 Å². The lowest BCUT2D eigenvalue weighted by Crippen LogP contribution is -2.48. The van der Waals surface area contributed by atoms with Crippen molar-refractivity contribution >= 4 is 28.7 Å². The molecular formula is C24H27N7O2. The van der Waals surface area contributed by atoms with E-state index in [1.54, 1.807) is 6.07 Å². The molecule has 0 unspecified atom stereocenters. The van der Waals surface area contributed by atoms with Crippen LogP contribution < -0.4 is 10.6 Å². The summed E-state index contributed by atoms with van der Waals surface area (Å²) in [5, 5.41) is 6.76. The molecule has 2 aromatic heterocycles. The molecule has 2 amide bonds. The Balaban J connectivity index is 1.60. The maximum Gasteiger partial charge on any atom is 0.270 e. The van der Waals surface area contributed by atoms with Crippen molar-refractivity contribution in [2.45, 2.75) is 6.92 Å². The van der Waals surface area contributed by atoms with Crippen molar-refractivity contribution in [2.24, 2.45) is 0 Å². The van der Waals surface area contributed by atoms with Gasteiger partial charge in [-0.15, -0.1) is 6.42 Å². The smallest absolute Gasteiger partial charge is 0.270 e. The van der Waals surface area contributed by atoms with Gasteiger partial charge in [-0.3, -0.25) is 14.5 Å². The van der Waals surface area contributed by atoms with E-state index in [0.29, 0.717) is 55.7 Å². The molecule has 0 atom stereocenters. The number of benzene rings is 1. The summed E-state index contributed by atoms with van der Waals surface area (Å²) in [6.07, 6.45) is 5.40. The third kappa shape index (κ3) is 5.30. The molecule has 3 heterocycles. The largest absolute Gasteiger partial charge is 0.368 e. The average Bonchev–Trinajstić information content (AvgIpc) is 3.27. The molecule has 0 radical (unpaired) electrons. The molecule has 33 heavy (non-hydrogen) atoms. The van der Waals surface area contributed by atoms with Crippen molar-refractivity contribution in [2.75, 3.05) is 51.1 Å². The molecule has 1 aliphatic heterocycles. The van der Waals surface area contributed by atoms with Crippen molar-refractivity contribution in [1.82, 2.24) is 30.1 Å². The van der Waals surface area contributed by atoms with E-state index in [9.17, 15) is 9.59 Å². The van der Waals surface area contributed by atoms with Gasteiger partial charge in [-0.1, -0.05) is 36.3 Å². The normalized spacial score (nSPS) is 14.1. The van der Waals surface area contributed by atoms with Crippen LogP contribution in [-0.2, 0) is 4.79 Å². The first kappa shape index (κ1) is 22.3. The first-order chi connectivity index (χ1) is 16.0. The fraction of sp³-hybridized carbons (Fsp3) is 0.333. The lowest BCUT2D eigenvalue weighted by molar-refractivity contribution is -0.118. The summed E-state index contributed by atoms with van der Waals surface area (Å²) in [7, 11) is 0. The third-order valence-corrected chi connectivity index (χ3v) is 5.52. The number of rotatable bonds is 7. The van der Waals surface area contributed by atoms with Crippen LogP contribution in [-0.4, -0.2) is 82.4 Å². The Morgan fingerprint density at radius 1 is 1.12 bits per heavy atom. The number of piperazine rings is 1. The highest BCUT2D eigenvalue weighted by Gasteiger charge is 2.24. The topological polar surface area (TPSA) is 106 Å². The quantitative estimate of drug-likeness (QED) is 0.377. The molecule has 1 aliphatic rings. The van der Waals surface area contributed by atoms with Crippen molar-refractivity contribution in [3.8, 4) is 23.7 Å². The molecule has 9 heteroatoms. The van der Waals surface area contributed by atoms with Crippen LogP contribution in [0.15, 0.2) is 36.4 Å². The standard InChI is InChI=1S/C24H27N7O2/c1-3-11-30-12-14-31(15-13-30)24(33)20-16-19-22(26-10-9-25-17(2)32)28-21(29-23(19)27-20)18-7-5-4-6-8-18/h1,4-8,16H,9-15H2,2H3,(H,25,32)(H2,26,27,28,29). The van der Waals surface area contributed by atoms with Gasteiger partial charge >= 0.3 is 0 Å². The van der Waals surface area contributed by atoms with E-state index in [1.165, 1.54) is 6.92 Å². The summed E-state index contributed by atoms with van der Waals surface area (Å²) < 4.78 is 0. The Morgan fingerprint density at radius 2 is 1.88 bits per heavy atom. The monoisotopic (exact) mass is 445 g/mol. The Labute approximate surface area is 192 Å². The van der Waals surface area contributed by atoms with E-state index >= 15 is 0 Å². The number of hydrogen-bond acceptors (Lipinski definition) is 6. The number of fused-ring (bicyclic) bond motifs is 1. The van der Waals surface area contributed by atoms with Gasteiger partial charge in [0, 0.05) is 51.8 Å². The minimum Gasteiger partial charge on any atom is -0.368 e. The molecule has 3 N–H and O–H groups in total. The van der Waals surface area contributed by atoms with Gasteiger partial charge in [0.05, 0.1) is 11.9 Å². The number of aromatic nitrogens is 3. The number of carbonyl (C=O) groups excluding carboxylic acids is 2. The summed E-state index contributed by atoms with van der Waals surface area (Å²) >= 11 is 0. The lowest BCUT2D eigenvalue weighted by atomic mass is 10.2. The highest BCUT2D eigenvalue weighted by Crippen LogP contribution is 2.26. The van der Waals surface area contributed by atoms with Crippen LogP contribution in [0.2, 0.25) is 0 Å². The number of terminal acetylenes is 1. The van der Waals surface area contributed by atoms with E-state index in [4.69, 9.17) is 11.4 Å². The van der Waals surface area contributed by atoms with E-state index in [0.717, 1.165) is 24.0 Å². The number of nitrogens with one attached hydrogen (secondary N) is 3. The molecule has 0 saturated carbocycles. The summed E-state index contributed by atoms with van der Waals surface area (Å²) in [6, 6.07) is 11.5. The average molecular weight is 446 g/mol. The molecule has 0 aliphatic carbocycles. The molecule has 1 saturated heterocycles. The van der Waals surface area contributed by atoms with Gasteiger partial charge in [-0.05, 0) is 6.07 Å². The number of anilines is 1. The molecule has 4 rings (SSSR count). The van der Waals surface area contributed by atoms with E-state index < -0.39 is 0 Å². The third-order valence-electron chi connectivity index (χ3n) is 5.52. The first-order valence-electron chi connectivity index (χ1n) is 10.9.